The van der Waals surface area contributed by atoms with E-state index in [1.54, 1.807) is 0 Å². The number of hydrogen-bond donors (Lipinski definition) is 2. The fraction of sp³-hybridized carbons (Fsp3) is 0.500. The highest BCUT2D eigenvalue weighted by atomic mass is 32.2. The predicted molar refractivity (Wildman–Crippen MR) is 110 cm³/mol. The second-order valence-electron chi connectivity index (χ2n) is 8.93. The van der Waals surface area contributed by atoms with Gasteiger partial charge in [-0.2, -0.15) is 5.26 Å². The highest BCUT2D eigenvalue weighted by Gasteiger charge is 2.26. The van der Waals surface area contributed by atoms with Crippen LogP contribution in [0.4, 0.5) is 0 Å². The average Bonchev–Trinajstić information content (AvgIpc) is 2.94. The van der Waals surface area contributed by atoms with Crippen molar-refractivity contribution in [2.45, 2.75) is 76.5 Å². The van der Waals surface area contributed by atoms with Gasteiger partial charge in [0.25, 0.3) is 0 Å². The SMILES string of the molecule is CC(C)(C)c1cc(CCCc2c[nH]cc2SC#N)cc(C(C)(C)C)c1O. The van der Waals surface area contributed by atoms with Crippen LogP contribution in [-0.4, -0.2) is 10.1 Å². The summed E-state index contributed by atoms with van der Waals surface area (Å²) in [7, 11) is 0. The molecule has 0 fully saturated rings. The Labute approximate surface area is 161 Å². The number of H-pyrrole nitrogens is 1. The Morgan fingerprint density at radius 2 is 1.58 bits per heavy atom. The number of nitrogens with zero attached hydrogens (tertiary/aromatic N) is 1. The Bertz CT molecular complexity index is 766. The number of aromatic hydroxyl groups is 1. The number of aromatic amines is 1. The van der Waals surface area contributed by atoms with Crippen LogP contribution >= 0.6 is 11.8 Å². The third kappa shape index (κ3) is 4.86. The van der Waals surface area contributed by atoms with Crippen LogP contribution in [0.1, 0.15) is 70.2 Å². The number of rotatable bonds is 5. The zero-order valence-electron chi connectivity index (χ0n) is 16.7. The maximum absolute atomic E-state index is 10.8. The van der Waals surface area contributed by atoms with Crippen molar-refractivity contribution in [1.29, 1.82) is 5.26 Å². The lowest BCUT2D eigenvalue weighted by Gasteiger charge is -2.28. The minimum atomic E-state index is -0.0999. The van der Waals surface area contributed by atoms with Gasteiger partial charge in [0.05, 0.1) is 0 Å². The first kappa shape index (κ1) is 20.5. The van der Waals surface area contributed by atoms with Gasteiger partial charge in [0.2, 0.25) is 0 Å². The minimum Gasteiger partial charge on any atom is -0.507 e. The molecule has 0 aliphatic heterocycles. The molecule has 0 amide bonds. The highest BCUT2D eigenvalue weighted by Crippen LogP contribution is 2.40. The van der Waals surface area contributed by atoms with E-state index in [1.807, 2.05) is 12.4 Å². The molecular formula is C22H30N2OS. The van der Waals surface area contributed by atoms with Gasteiger partial charge in [0, 0.05) is 17.3 Å². The average molecular weight is 371 g/mol. The summed E-state index contributed by atoms with van der Waals surface area (Å²) in [5, 5.41) is 21.8. The van der Waals surface area contributed by atoms with Gasteiger partial charge < -0.3 is 10.1 Å². The van der Waals surface area contributed by atoms with Crippen LogP contribution in [-0.2, 0) is 23.7 Å². The van der Waals surface area contributed by atoms with E-state index in [4.69, 9.17) is 5.26 Å². The largest absolute Gasteiger partial charge is 0.507 e. The van der Waals surface area contributed by atoms with E-state index in [2.05, 4.69) is 64.1 Å². The molecule has 26 heavy (non-hydrogen) atoms. The zero-order valence-corrected chi connectivity index (χ0v) is 17.5. The maximum Gasteiger partial charge on any atom is 0.138 e. The van der Waals surface area contributed by atoms with Crippen LogP contribution in [0.3, 0.4) is 0 Å². The number of thiocyanates is 1. The standard InChI is InChI=1S/C22H30N2OS/c1-21(2,3)17-10-15(11-18(20(17)25)22(4,5)6)8-7-9-16-12-24-13-19(16)26-14-23/h10-13,24-25H,7-9H2,1-6H3. The Morgan fingerprint density at radius 3 is 2.08 bits per heavy atom. The maximum atomic E-state index is 10.8. The quantitative estimate of drug-likeness (QED) is 0.496. The summed E-state index contributed by atoms with van der Waals surface area (Å²) < 4.78 is 0. The number of phenolic OH excluding ortho intramolecular Hbond substituents is 1. The van der Waals surface area contributed by atoms with Crippen molar-refractivity contribution in [3.05, 3.63) is 46.8 Å². The summed E-state index contributed by atoms with van der Waals surface area (Å²) >= 11 is 1.21. The number of phenols is 1. The normalized spacial score (nSPS) is 12.2. The van der Waals surface area contributed by atoms with Crippen LogP contribution in [0, 0.1) is 10.7 Å². The molecule has 2 aromatic rings. The summed E-state index contributed by atoms with van der Waals surface area (Å²) in [6, 6.07) is 4.32. The molecule has 0 aliphatic rings. The summed E-state index contributed by atoms with van der Waals surface area (Å²) in [6.45, 7) is 12.9. The summed E-state index contributed by atoms with van der Waals surface area (Å²) in [6.07, 6.45) is 6.77. The Kier molecular flexibility index (Phi) is 6.13. The highest BCUT2D eigenvalue weighted by molar-refractivity contribution is 8.03. The number of nitrogens with one attached hydrogen (secondary N) is 1. The molecule has 1 aromatic heterocycles. The lowest BCUT2D eigenvalue weighted by Crippen LogP contribution is -2.18. The van der Waals surface area contributed by atoms with Crippen molar-refractivity contribution in [2.24, 2.45) is 0 Å². The van der Waals surface area contributed by atoms with Crippen LogP contribution in [0.25, 0.3) is 0 Å². The summed E-state index contributed by atoms with van der Waals surface area (Å²) in [5.41, 5.74) is 4.30. The number of benzene rings is 1. The van der Waals surface area contributed by atoms with E-state index >= 15 is 0 Å². The van der Waals surface area contributed by atoms with Crippen molar-refractivity contribution < 1.29 is 5.11 Å². The molecule has 0 atom stereocenters. The number of thioether (sulfide) groups is 1. The fourth-order valence-electron chi connectivity index (χ4n) is 3.19. The molecular weight excluding hydrogens is 340 g/mol. The molecule has 140 valence electrons. The van der Waals surface area contributed by atoms with Gasteiger partial charge in [-0.25, -0.2) is 0 Å². The molecule has 0 saturated heterocycles. The van der Waals surface area contributed by atoms with Crippen molar-refractivity contribution in [3.8, 4) is 11.2 Å². The van der Waals surface area contributed by atoms with Crippen LogP contribution < -0.4 is 0 Å². The number of hydrogen-bond acceptors (Lipinski definition) is 3. The molecule has 0 spiro atoms. The van der Waals surface area contributed by atoms with Gasteiger partial charge in [-0.15, -0.1) is 0 Å². The van der Waals surface area contributed by atoms with Crippen LogP contribution in [0.2, 0.25) is 0 Å². The van der Waals surface area contributed by atoms with E-state index in [-0.39, 0.29) is 10.8 Å². The summed E-state index contributed by atoms with van der Waals surface area (Å²) in [5.74, 6) is 0.437. The zero-order chi connectivity index (χ0) is 19.5. The molecule has 0 unspecified atom stereocenters. The van der Waals surface area contributed by atoms with E-state index in [0.29, 0.717) is 5.75 Å². The van der Waals surface area contributed by atoms with E-state index < -0.39 is 0 Å². The smallest absolute Gasteiger partial charge is 0.138 e. The number of nitriles is 1. The molecule has 0 bridgehead atoms. The first-order valence-corrected chi connectivity index (χ1v) is 9.94. The number of aryl methyl sites for hydroxylation is 2. The second-order valence-corrected chi connectivity index (χ2v) is 9.76. The third-order valence-electron chi connectivity index (χ3n) is 4.64. The first-order chi connectivity index (χ1) is 12.0. The van der Waals surface area contributed by atoms with Crippen molar-refractivity contribution in [1.82, 2.24) is 4.98 Å². The Balaban J connectivity index is 2.24. The van der Waals surface area contributed by atoms with Crippen molar-refractivity contribution >= 4 is 11.8 Å². The molecule has 2 N–H and O–H groups in total. The van der Waals surface area contributed by atoms with Crippen LogP contribution in [0.5, 0.6) is 5.75 Å². The van der Waals surface area contributed by atoms with E-state index in [0.717, 1.165) is 35.3 Å². The number of aromatic nitrogens is 1. The molecule has 0 saturated carbocycles. The topological polar surface area (TPSA) is 59.8 Å². The second kappa shape index (κ2) is 7.80. The lowest BCUT2D eigenvalue weighted by molar-refractivity contribution is 0.422. The lowest BCUT2D eigenvalue weighted by atomic mass is 9.78. The molecule has 1 aromatic carbocycles. The molecule has 2 rings (SSSR count). The third-order valence-corrected chi connectivity index (χ3v) is 5.33. The van der Waals surface area contributed by atoms with Crippen molar-refractivity contribution in [3.63, 3.8) is 0 Å². The van der Waals surface area contributed by atoms with Gasteiger partial charge in [-0.05, 0) is 64.1 Å². The van der Waals surface area contributed by atoms with Crippen LogP contribution in [0.15, 0.2) is 29.4 Å². The van der Waals surface area contributed by atoms with E-state index in [9.17, 15) is 5.11 Å². The Hall–Kier alpha value is -1.86. The first-order valence-electron chi connectivity index (χ1n) is 9.12. The molecule has 4 heteroatoms. The monoisotopic (exact) mass is 370 g/mol. The molecule has 0 aliphatic carbocycles. The van der Waals surface area contributed by atoms with Gasteiger partial charge in [0.15, 0.2) is 0 Å². The molecule has 3 nitrogen and oxygen atoms in total. The molecule has 0 radical (unpaired) electrons. The van der Waals surface area contributed by atoms with Gasteiger partial charge in [0.1, 0.15) is 11.2 Å². The predicted octanol–water partition coefficient (Wildman–Crippen LogP) is 6.06. The Morgan fingerprint density at radius 1 is 1.00 bits per heavy atom. The fourth-order valence-corrected chi connectivity index (χ4v) is 3.70. The summed E-state index contributed by atoms with van der Waals surface area (Å²) in [4.78, 5) is 4.11. The van der Waals surface area contributed by atoms with E-state index in [1.165, 1.54) is 22.9 Å². The minimum absolute atomic E-state index is 0.0999. The van der Waals surface area contributed by atoms with Gasteiger partial charge >= 0.3 is 0 Å². The molecule has 1 heterocycles. The van der Waals surface area contributed by atoms with Gasteiger partial charge in [-0.1, -0.05) is 53.7 Å². The van der Waals surface area contributed by atoms with Crippen molar-refractivity contribution in [2.75, 3.05) is 0 Å². The van der Waals surface area contributed by atoms with Gasteiger partial charge in [-0.3, -0.25) is 0 Å².